The molecule has 1 aromatic heterocycles. The molecule has 2 N–H and O–H groups in total. The fourth-order valence-electron chi connectivity index (χ4n) is 1.63. The van der Waals surface area contributed by atoms with Crippen molar-refractivity contribution in [2.24, 2.45) is 5.92 Å². The van der Waals surface area contributed by atoms with Gasteiger partial charge in [0.1, 0.15) is 0 Å². The van der Waals surface area contributed by atoms with E-state index in [-0.39, 0.29) is 23.7 Å². The van der Waals surface area contributed by atoms with E-state index >= 15 is 0 Å². The van der Waals surface area contributed by atoms with Crippen molar-refractivity contribution < 1.29 is 9.90 Å². The Hall–Kier alpha value is -1.85. The van der Waals surface area contributed by atoms with Crippen LogP contribution in [0.2, 0.25) is 0 Å². The second kappa shape index (κ2) is 6.78. The van der Waals surface area contributed by atoms with Gasteiger partial charge in [0.05, 0.1) is 0 Å². The average molecular weight is 253 g/mol. The van der Waals surface area contributed by atoms with Crippen molar-refractivity contribution in [3.8, 4) is 0 Å². The van der Waals surface area contributed by atoms with Gasteiger partial charge in [-0.15, -0.1) is 0 Å². The van der Waals surface area contributed by atoms with Crippen molar-refractivity contribution in [3.05, 3.63) is 22.7 Å². The van der Waals surface area contributed by atoms with E-state index in [4.69, 9.17) is 5.11 Å². The van der Waals surface area contributed by atoms with Crippen molar-refractivity contribution in [2.75, 3.05) is 11.9 Å². The molecule has 0 amide bonds. The summed E-state index contributed by atoms with van der Waals surface area (Å²) >= 11 is 0. The van der Waals surface area contributed by atoms with Gasteiger partial charge in [-0.05, 0) is 12.3 Å². The molecule has 0 bridgehead atoms. The minimum Gasteiger partial charge on any atom is -0.481 e. The van der Waals surface area contributed by atoms with Crippen molar-refractivity contribution in [1.82, 2.24) is 9.55 Å². The third-order valence-electron chi connectivity index (χ3n) is 2.52. The fourth-order valence-corrected chi connectivity index (χ4v) is 1.63. The summed E-state index contributed by atoms with van der Waals surface area (Å²) in [6.45, 7) is 4.88. The van der Waals surface area contributed by atoms with E-state index in [0.717, 1.165) is 6.42 Å². The first-order chi connectivity index (χ1) is 8.54. The highest BCUT2D eigenvalue weighted by atomic mass is 16.4. The van der Waals surface area contributed by atoms with E-state index in [0.29, 0.717) is 13.1 Å². The molecular formula is C12H19N3O3. The monoisotopic (exact) mass is 253 g/mol. The number of aryl methyl sites for hydroxylation is 1. The lowest BCUT2D eigenvalue weighted by Crippen LogP contribution is -2.26. The summed E-state index contributed by atoms with van der Waals surface area (Å²) in [6, 6.07) is 0. The van der Waals surface area contributed by atoms with Crippen LogP contribution in [0.25, 0.3) is 0 Å². The minimum absolute atomic E-state index is 0.0523. The van der Waals surface area contributed by atoms with Crippen LogP contribution >= 0.6 is 0 Å². The molecule has 0 aromatic carbocycles. The molecule has 0 saturated heterocycles. The second-order valence-electron chi connectivity index (χ2n) is 4.36. The molecule has 0 spiro atoms. The summed E-state index contributed by atoms with van der Waals surface area (Å²) in [6.07, 6.45) is 4.17. The van der Waals surface area contributed by atoms with E-state index in [2.05, 4.69) is 10.3 Å². The molecule has 1 heterocycles. The van der Waals surface area contributed by atoms with Gasteiger partial charge >= 0.3 is 5.97 Å². The lowest BCUT2D eigenvalue weighted by molar-refractivity contribution is -0.137. The molecule has 18 heavy (non-hydrogen) atoms. The summed E-state index contributed by atoms with van der Waals surface area (Å²) in [5.74, 6) is -0.611. The van der Waals surface area contributed by atoms with Crippen molar-refractivity contribution in [2.45, 2.75) is 33.2 Å². The number of hydrogen-bond acceptors (Lipinski definition) is 4. The van der Waals surface area contributed by atoms with Crippen LogP contribution in [0.4, 0.5) is 5.82 Å². The molecule has 0 aliphatic carbocycles. The first-order valence-corrected chi connectivity index (χ1v) is 6.05. The Morgan fingerprint density at radius 3 is 2.94 bits per heavy atom. The predicted octanol–water partition coefficient (Wildman–Crippen LogP) is 1.18. The van der Waals surface area contributed by atoms with Gasteiger partial charge in [-0.25, -0.2) is 4.98 Å². The van der Waals surface area contributed by atoms with Crippen LogP contribution in [-0.2, 0) is 11.3 Å². The predicted molar refractivity (Wildman–Crippen MR) is 68.7 cm³/mol. The molecule has 1 aromatic rings. The molecule has 1 atom stereocenters. The third kappa shape index (κ3) is 4.20. The summed E-state index contributed by atoms with van der Waals surface area (Å²) in [5, 5.41) is 11.5. The smallest absolute Gasteiger partial charge is 0.303 e. The number of aromatic nitrogens is 2. The van der Waals surface area contributed by atoms with E-state index in [1.165, 1.54) is 0 Å². The van der Waals surface area contributed by atoms with Crippen LogP contribution in [-0.4, -0.2) is 27.2 Å². The number of carboxylic acid groups (broad SMARTS) is 1. The Morgan fingerprint density at radius 2 is 2.33 bits per heavy atom. The topological polar surface area (TPSA) is 84.2 Å². The second-order valence-corrected chi connectivity index (χ2v) is 4.36. The van der Waals surface area contributed by atoms with Crippen molar-refractivity contribution in [3.63, 3.8) is 0 Å². The Bertz CT molecular complexity index is 456. The normalized spacial score (nSPS) is 12.1. The molecule has 0 aliphatic rings. The Morgan fingerprint density at radius 1 is 1.61 bits per heavy atom. The molecule has 0 aliphatic heterocycles. The molecular weight excluding hydrogens is 234 g/mol. The zero-order valence-corrected chi connectivity index (χ0v) is 10.7. The van der Waals surface area contributed by atoms with Gasteiger partial charge in [-0.1, -0.05) is 13.8 Å². The molecule has 0 saturated carbocycles. The Kier molecular flexibility index (Phi) is 5.35. The van der Waals surface area contributed by atoms with Gasteiger partial charge in [0.15, 0.2) is 5.82 Å². The lowest BCUT2D eigenvalue weighted by Gasteiger charge is -2.11. The number of nitrogens with zero attached hydrogens (tertiary/aromatic N) is 2. The molecule has 0 fully saturated rings. The number of nitrogens with one attached hydrogen (secondary N) is 1. The van der Waals surface area contributed by atoms with Crippen LogP contribution in [0.15, 0.2) is 17.2 Å². The number of carbonyl (C=O) groups is 1. The number of aliphatic carboxylic acids is 1. The highest BCUT2D eigenvalue weighted by Gasteiger charge is 2.09. The number of rotatable bonds is 7. The minimum atomic E-state index is -0.839. The lowest BCUT2D eigenvalue weighted by atomic mass is 10.1. The van der Waals surface area contributed by atoms with Gasteiger partial charge in [0.2, 0.25) is 0 Å². The van der Waals surface area contributed by atoms with Gasteiger partial charge in [-0.2, -0.15) is 0 Å². The zero-order valence-electron chi connectivity index (χ0n) is 10.7. The zero-order chi connectivity index (χ0) is 13.5. The van der Waals surface area contributed by atoms with Gasteiger partial charge < -0.3 is 15.0 Å². The highest BCUT2D eigenvalue weighted by molar-refractivity contribution is 5.67. The van der Waals surface area contributed by atoms with Gasteiger partial charge in [0.25, 0.3) is 5.56 Å². The van der Waals surface area contributed by atoms with E-state index in [1.54, 1.807) is 17.0 Å². The summed E-state index contributed by atoms with van der Waals surface area (Å²) in [5.41, 5.74) is -0.165. The van der Waals surface area contributed by atoms with Crippen LogP contribution in [0.1, 0.15) is 26.7 Å². The number of anilines is 1. The van der Waals surface area contributed by atoms with Gasteiger partial charge in [-0.3, -0.25) is 9.59 Å². The molecule has 6 nitrogen and oxygen atoms in total. The fraction of sp³-hybridized carbons (Fsp3) is 0.583. The van der Waals surface area contributed by atoms with Crippen LogP contribution in [0, 0.1) is 5.92 Å². The maximum absolute atomic E-state index is 11.9. The van der Waals surface area contributed by atoms with Crippen molar-refractivity contribution >= 4 is 11.8 Å². The first-order valence-electron chi connectivity index (χ1n) is 6.05. The molecule has 100 valence electrons. The maximum Gasteiger partial charge on any atom is 0.303 e. The SMILES string of the molecule is CCCn1ccnc(NCC(C)CC(=O)O)c1=O. The highest BCUT2D eigenvalue weighted by Crippen LogP contribution is 2.03. The van der Waals surface area contributed by atoms with E-state index < -0.39 is 5.97 Å². The first kappa shape index (κ1) is 14.2. The Balaban J connectivity index is 2.65. The Labute approximate surface area is 106 Å². The van der Waals surface area contributed by atoms with E-state index in [1.807, 2.05) is 13.8 Å². The molecule has 1 unspecified atom stereocenters. The summed E-state index contributed by atoms with van der Waals surface area (Å²) < 4.78 is 1.59. The quantitative estimate of drug-likeness (QED) is 0.762. The van der Waals surface area contributed by atoms with E-state index in [9.17, 15) is 9.59 Å². The molecule has 1 rings (SSSR count). The average Bonchev–Trinajstić information content (AvgIpc) is 2.29. The van der Waals surface area contributed by atoms with Gasteiger partial charge in [0, 0.05) is 31.9 Å². The summed E-state index contributed by atoms with van der Waals surface area (Å²) in [7, 11) is 0. The van der Waals surface area contributed by atoms with Crippen molar-refractivity contribution in [1.29, 1.82) is 0 Å². The molecule has 6 heteroatoms. The number of hydrogen-bond donors (Lipinski definition) is 2. The maximum atomic E-state index is 11.9. The summed E-state index contributed by atoms with van der Waals surface area (Å²) in [4.78, 5) is 26.4. The molecule has 0 radical (unpaired) electrons. The largest absolute Gasteiger partial charge is 0.481 e. The number of carboxylic acids is 1. The van der Waals surface area contributed by atoms with Crippen LogP contribution < -0.4 is 10.9 Å². The van der Waals surface area contributed by atoms with Crippen LogP contribution in [0.3, 0.4) is 0 Å². The third-order valence-corrected chi connectivity index (χ3v) is 2.52. The standard InChI is InChI=1S/C12H19N3O3/c1-3-5-15-6-4-13-11(12(15)18)14-8-9(2)7-10(16)17/h4,6,9H,3,5,7-8H2,1-2H3,(H,13,14)(H,16,17). The van der Waals surface area contributed by atoms with Crippen LogP contribution in [0.5, 0.6) is 0 Å².